The van der Waals surface area contributed by atoms with Crippen molar-refractivity contribution in [3.63, 3.8) is 0 Å². The number of aromatic nitrogens is 2. The number of piperazine rings is 1. The lowest BCUT2D eigenvalue weighted by atomic mass is 10.1. The van der Waals surface area contributed by atoms with Crippen molar-refractivity contribution in [2.75, 3.05) is 43.9 Å². The molecule has 5 nitrogen and oxygen atoms in total. The highest BCUT2D eigenvalue weighted by molar-refractivity contribution is 7.18. The monoisotopic (exact) mass is 305 g/mol. The number of likely N-dealkylation sites (N-methyl/N-ethyl adjacent to an activating group) is 1. The average molecular weight is 305 g/mol. The Bertz CT molecular complexity index is 638. The van der Waals surface area contributed by atoms with E-state index in [1.165, 1.54) is 16.7 Å². The Morgan fingerprint density at radius 3 is 2.90 bits per heavy atom. The van der Waals surface area contributed by atoms with Gasteiger partial charge in [-0.2, -0.15) is 4.98 Å². The molecule has 1 fully saturated rings. The Morgan fingerprint density at radius 2 is 2.19 bits per heavy atom. The number of rotatable bonds is 3. The zero-order valence-corrected chi connectivity index (χ0v) is 14.0. The van der Waals surface area contributed by atoms with Gasteiger partial charge in [0, 0.05) is 37.6 Å². The summed E-state index contributed by atoms with van der Waals surface area (Å²) in [7, 11) is 4.10. The summed E-state index contributed by atoms with van der Waals surface area (Å²) in [6, 6.07) is 2.81. The molecule has 0 aliphatic carbocycles. The second kappa shape index (κ2) is 5.77. The Labute approximate surface area is 130 Å². The van der Waals surface area contributed by atoms with Crippen LogP contribution in [0.4, 0.5) is 11.8 Å². The molecule has 21 heavy (non-hydrogen) atoms. The van der Waals surface area contributed by atoms with Gasteiger partial charge in [0.25, 0.3) is 0 Å². The van der Waals surface area contributed by atoms with E-state index < -0.39 is 0 Å². The van der Waals surface area contributed by atoms with E-state index in [4.69, 9.17) is 4.98 Å². The van der Waals surface area contributed by atoms with Gasteiger partial charge >= 0.3 is 0 Å². The lowest BCUT2D eigenvalue weighted by Crippen LogP contribution is -2.51. The number of hydrogen-bond donors (Lipinski definition) is 1. The van der Waals surface area contributed by atoms with Gasteiger partial charge in [-0.3, -0.25) is 4.90 Å². The predicted octanol–water partition coefficient (Wildman–Crippen LogP) is 2.57. The SMILES string of the molecule is CCC1CN(c2nc(NC)nc3sc(C)cc23)CCN1C. The van der Waals surface area contributed by atoms with Gasteiger partial charge in [-0.25, -0.2) is 4.98 Å². The van der Waals surface area contributed by atoms with Crippen LogP contribution < -0.4 is 10.2 Å². The normalized spacial score (nSPS) is 20.2. The second-order valence-corrected chi connectivity index (χ2v) is 6.92. The number of anilines is 2. The molecule has 1 unspecified atom stereocenters. The summed E-state index contributed by atoms with van der Waals surface area (Å²) in [6.45, 7) is 7.54. The van der Waals surface area contributed by atoms with Crippen LogP contribution in [-0.4, -0.2) is 54.6 Å². The summed E-state index contributed by atoms with van der Waals surface area (Å²) >= 11 is 1.74. The van der Waals surface area contributed by atoms with Gasteiger partial charge in [0.1, 0.15) is 10.6 Å². The second-order valence-electron chi connectivity index (χ2n) is 5.69. The number of fused-ring (bicyclic) bond motifs is 1. The van der Waals surface area contributed by atoms with Crippen molar-refractivity contribution in [1.82, 2.24) is 14.9 Å². The number of nitrogens with one attached hydrogen (secondary N) is 1. The molecule has 0 aromatic carbocycles. The molecule has 1 aliphatic rings. The summed E-state index contributed by atoms with van der Waals surface area (Å²) in [6.07, 6.45) is 1.17. The highest BCUT2D eigenvalue weighted by atomic mass is 32.1. The number of nitrogens with zero attached hydrogens (tertiary/aromatic N) is 4. The molecule has 0 spiro atoms. The van der Waals surface area contributed by atoms with E-state index in [-0.39, 0.29) is 0 Å². The van der Waals surface area contributed by atoms with Crippen LogP contribution in [0.3, 0.4) is 0 Å². The molecule has 1 N–H and O–H groups in total. The lowest BCUT2D eigenvalue weighted by molar-refractivity contribution is 0.213. The highest BCUT2D eigenvalue weighted by Gasteiger charge is 2.25. The molecule has 1 atom stereocenters. The molecule has 114 valence electrons. The van der Waals surface area contributed by atoms with E-state index in [9.17, 15) is 0 Å². The first-order valence-electron chi connectivity index (χ1n) is 7.53. The number of thiophene rings is 1. The van der Waals surface area contributed by atoms with Crippen LogP contribution in [0.2, 0.25) is 0 Å². The summed E-state index contributed by atoms with van der Waals surface area (Å²) < 4.78 is 0. The summed E-state index contributed by atoms with van der Waals surface area (Å²) in [5.74, 6) is 1.80. The maximum Gasteiger partial charge on any atom is 0.225 e. The van der Waals surface area contributed by atoms with E-state index in [2.05, 4.69) is 47.1 Å². The first-order chi connectivity index (χ1) is 10.1. The fraction of sp³-hybridized carbons (Fsp3) is 0.600. The molecule has 3 heterocycles. The zero-order valence-electron chi connectivity index (χ0n) is 13.2. The summed E-state index contributed by atoms with van der Waals surface area (Å²) in [5, 5.41) is 4.28. The maximum absolute atomic E-state index is 4.74. The van der Waals surface area contributed by atoms with Crippen molar-refractivity contribution in [2.24, 2.45) is 0 Å². The Morgan fingerprint density at radius 1 is 1.38 bits per heavy atom. The van der Waals surface area contributed by atoms with Crippen molar-refractivity contribution >= 4 is 33.3 Å². The van der Waals surface area contributed by atoms with Crippen LogP contribution in [0, 0.1) is 6.92 Å². The van der Waals surface area contributed by atoms with Gasteiger partial charge in [0.05, 0.1) is 5.39 Å². The van der Waals surface area contributed by atoms with Gasteiger partial charge < -0.3 is 10.2 Å². The first-order valence-corrected chi connectivity index (χ1v) is 8.35. The van der Waals surface area contributed by atoms with Crippen LogP contribution in [0.15, 0.2) is 6.07 Å². The Balaban J connectivity index is 2.02. The molecule has 6 heteroatoms. The lowest BCUT2D eigenvalue weighted by Gasteiger charge is -2.39. The smallest absolute Gasteiger partial charge is 0.225 e. The largest absolute Gasteiger partial charge is 0.357 e. The van der Waals surface area contributed by atoms with E-state index in [0.717, 1.165) is 30.3 Å². The molecule has 2 aromatic rings. The van der Waals surface area contributed by atoms with E-state index in [1.807, 2.05) is 7.05 Å². The van der Waals surface area contributed by atoms with Crippen molar-refractivity contribution in [3.05, 3.63) is 10.9 Å². The molecule has 0 amide bonds. The zero-order chi connectivity index (χ0) is 15.0. The molecule has 0 saturated carbocycles. The van der Waals surface area contributed by atoms with E-state index >= 15 is 0 Å². The third-order valence-electron chi connectivity index (χ3n) is 4.27. The number of hydrogen-bond acceptors (Lipinski definition) is 6. The predicted molar refractivity (Wildman–Crippen MR) is 90.6 cm³/mol. The molecule has 1 aliphatic heterocycles. The molecule has 0 bridgehead atoms. The third-order valence-corrected chi connectivity index (χ3v) is 5.21. The van der Waals surface area contributed by atoms with Crippen molar-refractivity contribution in [3.8, 4) is 0 Å². The summed E-state index contributed by atoms with van der Waals surface area (Å²) in [4.78, 5) is 16.6. The van der Waals surface area contributed by atoms with Gasteiger partial charge in [-0.15, -0.1) is 11.3 Å². The minimum atomic E-state index is 0.599. The van der Waals surface area contributed by atoms with Crippen LogP contribution in [0.1, 0.15) is 18.2 Å². The van der Waals surface area contributed by atoms with Crippen molar-refractivity contribution < 1.29 is 0 Å². The van der Waals surface area contributed by atoms with Crippen LogP contribution in [0.25, 0.3) is 10.2 Å². The molecule has 1 saturated heterocycles. The average Bonchev–Trinajstić information content (AvgIpc) is 2.86. The van der Waals surface area contributed by atoms with Crippen LogP contribution >= 0.6 is 11.3 Å². The molecular weight excluding hydrogens is 282 g/mol. The standard InChI is InChI=1S/C15H23N5S/c1-5-11-9-20(7-6-19(11)4)13-12-8-10(2)21-14(12)18-15(16-3)17-13/h8,11H,5-7,9H2,1-4H3,(H,16,17,18). The molecular formula is C15H23N5S. The Hall–Kier alpha value is -1.40. The van der Waals surface area contributed by atoms with Gasteiger partial charge in [0.2, 0.25) is 5.95 Å². The fourth-order valence-corrected chi connectivity index (χ4v) is 3.83. The van der Waals surface area contributed by atoms with Crippen molar-refractivity contribution in [1.29, 1.82) is 0 Å². The first kappa shape index (κ1) is 14.5. The topological polar surface area (TPSA) is 44.3 Å². The quantitative estimate of drug-likeness (QED) is 0.944. The minimum absolute atomic E-state index is 0.599. The van der Waals surface area contributed by atoms with Crippen LogP contribution in [0.5, 0.6) is 0 Å². The molecule has 3 rings (SSSR count). The third kappa shape index (κ3) is 2.70. The Kier molecular flexibility index (Phi) is 3.99. The van der Waals surface area contributed by atoms with Gasteiger partial charge in [-0.05, 0) is 26.5 Å². The van der Waals surface area contributed by atoms with Crippen LogP contribution in [-0.2, 0) is 0 Å². The maximum atomic E-state index is 4.74. The van der Waals surface area contributed by atoms with Gasteiger partial charge in [-0.1, -0.05) is 6.92 Å². The minimum Gasteiger partial charge on any atom is -0.357 e. The van der Waals surface area contributed by atoms with Gasteiger partial charge in [0.15, 0.2) is 0 Å². The molecule has 0 radical (unpaired) electrons. The van der Waals surface area contributed by atoms with E-state index in [0.29, 0.717) is 12.0 Å². The highest BCUT2D eigenvalue weighted by Crippen LogP contribution is 2.32. The fourth-order valence-electron chi connectivity index (χ4n) is 2.96. The number of aryl methyl sites for hydroxylation is 1. The summed E-state index contributed by atoms with van der Waals surface area (Å²) in [5.41, 5.74) is 0. The van der Waals surface area contributed by atoms with E-state index in [1.54, 1.807) is 11.3 Å². The van der Waals surface area contributed by atoms with Crippen molar-refractivity contribution in [2.45, 2.75) is 26.3 Å². The molecule has 2 aromatic heterocycles.